The van der Waals surface area contributed by atoms with Crippen LogP contribution in [0.4, 0.5) is 15.8 Å². The highest BCUT2D eigenvalue weighted by Crippen LogP contribution is 2.40. The zero-order chi connectivity index (χ0) is 27.5. The second-order valence-corrected chi connectivity index (χ2v) is 11.7. The minimum atomic E-state index is -0.316. The first-order valence-electron chi connectivity index (χ1n) is 12.1. The number of ether oxygens (including phenoxy) is 1. The SMILES string of the molecule is Cc1ccc(N=C2S/C(=C\c3cc(Br)c(OCc4ccccc4F)c(Br)c3)C(=O)N2c2ccc(C)cc2)cc1. The zero-order valence-corrected chi connectivity index (χ0v) is 25.1. The second-order valence-electron chi connectivity index (χ2n) is 9.01. The highest BCUT2D eigenvalue weighted by molar-refractivity contribution is 9.11. The molecule has 0 spiro atoms. The summed E-state index contributed by atoms with van der Waals surface area (Å²) >= 11 is 8.46. The van der Waals surface area contributed by atoms with E-state index in [0.717, 1.165) is 28.1 Å². The van der Waals surface area contributed by atoms with Crippen molar-refractivity contribution in [3.05, 3.63) is 127 Å². The van der Waals surface area contributed by atoms with Crippen molar-refractivity contribution in [2.24, 2.45) is 4.99 Å². The van der Waals surface area contributed by atoms with Crippen LogP contribution in [0.2, 0.25) is 0 Å². The van der Waals surface area contributed by atoms with Gasteiger partial charge in [0.2, 0.25) is 0 Å². The van der Waals surface area contributed by atoms with Crippen molar-refractivity contribution in [3.63, 3.8) is 0 Å². The molecule has 196 valence electrons. The summed E-state index contributed by atoms with van der Waals surface area (Å²) in [6.45, 7) is 4.12. The van der Waals surface area contributed by atoms with Gasteiger partial charge in [-0.2, -0.15) is 0 Å². The lowest BCUT2D eigenvalue weighted by molar-refractivity contribution is -0.113. The van der Waals surface area contributed by atoms with Gasteiger partial charge < -0.3 is 4.74 Å². The maximum absolute atomic E-state index is 14.0. The summed E-state index contributed by atoms with van der Waals surface area (Å²) in [7, 11) is 0. The Morgan fingerprint density at radius 1 is 0.923 bits per heavy atom. The maximum Gasteiger partial charge on any atom is 0.271 e. The standard InChI is InChI=1S/C31H23Br2FN2O2S/c1-19-7-11-23(12-8-19)35-31-36(24-13-9-20(2)10-14-24)30(37)28(39-31)17-21-15-25(32)29(26(33)16-21)38-18-22-5-3-4-6-27(22)34/h3-17H,18H2,1-2H3/b28-17-,35-31?. The van der Waals surface area contributed by atoms with Gasteiger partial charge in [0.25, 0.3) is 5.91 Å². The molecular weight excluding hydrogens is 643 g/mol. The first kappa shape index (κ1) is 27.4. The van der Waals surface area contributed by atoms with E-state index in [2.05, 4.69) is 31.9 Å². The van der Waals surface area contributed by atoms with Crippen molar-refractivity contribution in [3.8, 4) is 5.75 Å². The Hall–Kier alpha value is -3.20. The van der Waals surface area contributed by atoms with E-state index in [1.807, 2.05) is 80.6 Å². The summed E-state index contributed by atoms with van der Waals surface area (Å²) in [4.78, 5) is 20.6. The number of amides is 1. The summed E-state index contributed by atoms with van der Waals surface area (Å²) in [6, 6.07) is 25.9. The molecule has 0 unspecified atom stereocenters. The molecule has 1 aliphatic heterocycles. The van der Waals surface area contributed by atoms with Crippen LogP contribution < -0.4 is 9.64 Å². The second kappa shape index (κ2) is 11.9. The number of amidine groups is 1. The average molecular weight is 666 g/mol. The molecule has 5 rings (SSSR count). The van der Waals surface area contributed by atoms with Gasteiger partial charge in [-0.3, -0.25) is 9.69 Å². The van der Waals surface area contributed by atoms with Crippen molar-refractivity contribution >= 4 is 72.1 Å². The van der Waals surface area contributed by atoms with E-state index in [-0.39, 0.29) is 18.3 Å². The Labute approximate surface area is 247 Å². The van der Waals surface area contributed by atoms with E-state index in [4.69, 9.17) is 9.73 Å². The van der Waals surface area contributed by atoms with Gasteiger partial charge >= 0.3 is 0 Å². The van der Waals surface area contributed by atoms with Crippen LogP contribution in [0.3, 0.4) is 0 Å². The van der Waals surface area contributed by atoms with Crippen LogP contribution in [0.5, 0.6) is 5.75 Å². The van der Waals surface area contributed by atoms with Crippen molar-refractivity contribution in [1.29, 1.82) is 0 Å². The fraction of sp³-hybridized carbons (Fsp3) is 0.0968. The molecule has 0 radical (unpaired) electrons. The van der Waals surface area contributed by atoms with Crippen LogP contribution in [0.1, 0.15) is 22.3 Å². The van der Waals surface area contributed by atoms with Crippen LogP contribution in [-0.4, -0.2) is 11.1 Å². The molecule has 1 fully saturated rings. The number of carbonyl (C=O) groups is 1. The summed E-state index contributed by atoms with van der Waals surface area (Å²) in [5.41, 5.74) is 5.04. The minimum Gasteiger partial charge on any atom is -0.486 e. The predicted octanol–water partition coefficient (Wildman–Crippen LogP) is 9.36. The van der Waals surface area contributed by atoms with E-state index in [1.165, 1.54) is 17.8 Å². The molecule has 4 aromatic carbocycles. The zero-order valence-electron chi connectivity index (χ0n) is 21.1. The molecule has 0 bridgehead atoms. The first-order chi connectivity index (χ1) is 18.8. The highest BCUT2D eigenvalue weighted by Gasteiger charge is 2.34. The van der Waals surface area contributed by atoms with Crippen molar-refractivity contribution in [1.82, 2.24) is 0 Å². The smallest absolute Gasteiger partial charge is 0.271 e. The Morgan fingerprint density at radius 2 is 1.54 bits per heavy atom. The highest BCUT2D eigenvalue weighted by atomic mass is 79.9. The van der Waals surface area contributed by atoms with Gasteiger partial charge in [-0.25, -0.2) is 9.38 Å². The lowest BCUT2D eigenvalue weighted by Gasteiger charge is -2.16. The molecule has 39 heavy (non-hydrogen) atoms. The van der Waals surface area contributed by atoms with E-state index < -0.39 is 0 Å². The number of hydrogen-bond donors (Lipinski definition) is 0. The molecular formula is C31H23Br2FN2O2S. The topological polar surface area (TPSA) is 41.9 Å². The van der Waals surface area contributed by atoms with E-state index >= 15 is 0 Å². The average Bonchev–Trinajstić information content (AvgIpc) is 3.20. The lowest BCUT2D eigenvalue weighted by Crippen LogP contribution is -2.28. The number of aliphatic imine (C=N–C) groups is 1. The molecule has 0 atom stereocenters. The molecule has 8 heteroatoms. The number of aryl methyl sites for hydroxylation is 2. The molecule has 0 saturated carbocycles. The molecule has 1 heterocycles. The molecule has 1 saturated heterocycles. The predicted molar refractivity (Wildman–Crippen MR) is 165 cm³/mol. The summed E-state index contributed by atoms with van der Waals surface area (Å²) in [5.74, 6) is 0.0830. The molecule has 1 amide bonds. The van der Waals surface area contributed by atoms with Crippen molar-refractivity contribution in [2.75, 3.05) is 4.90 Å². The van der Waals surface area contributed by atoms with Crippen LogP contribution in [0.25, 0.3) is 6.08 Å². The van der Waals surface area contributed by atoms with Gasteiger partial charge in [0, 0.05) is 5.56 Å². The van der Waals surface area contributed by atoms with E-state index in [1.54, 1.807) is 23.1 Å². The Kier molecular flexibility index (Phi) is 8.35. The maximum atomic E-state index is 14.0. The number of carbonyl (C=O) groups excluding carboxylic acids is 1. The van der Waals surface area contributed by atoms with Gasteiger partial charge in [0.1, 0.15) is 18.2 Å². The molecule has 0 aromatic heterocycles. The van der Waals surface area contributed by atoms with Gasteiger partial charge in [0.15, 0.2) is 5.17 Å². The molecule has 0 aliphatic carbocycles. The number of anilines is 1. The van der Waals surface area contributed by atoms with Gasteiger partial charge in [0.05, 0.1) is 25.2 Å². The summed E-state index contributed by atoms with van der Waals surface area (Å²) in [6.07, 6.45) is 1.84. The molecule has 1 aliphatic rings. The quantitative estimate of drug-likeness (QED) is 0.193. The van der Waals surface area contributed by atoms with Crippen LogP contribution in [0, 0.1) is 19.7 Å². The Bertz CT molecular complexity index is 1580. The fourth-order valence-electron chi connectivity index (χ4n) is 3.92. The minimum absolute atomic E-state index is 0.0863. The monoisotopic (exact) mass is 664 g/mol. The summed E-state index contributed by atoms with van der Waals surface area (Å²) < 4.78 is 21.3. The van der Waals surface area contributed by atoms with Crippen LogP contribution >= 0.6 is 43.6 Å². The Morgan fingerprint density at radius 3 is 2.18 bits per heavy atom. The van der Waals surface area contributed by atoms with E-state index in [0.29, 0.717) is 30.3 Å². The largest absolute Gasteiger partial charge is 0.486 e. The number of hydrogen-bond acceptors (Lipinski definition) is 4. The Balaban J connectivity index is 1.45. The van der Waals surface area contributed by atoms with Crippen molar-refractivity contribution in [2.45, 2.75) is 20.5 Å². The van der Waals surface area contributed by atoms with Crippen LogP contribution in [0.15, 0.2) is 104 Å². The fourth-order valence-corrected chi connectivity index (χ4v) is 6.37. The first-order valence-corrected chi connectivity index (χ1v) is 14.5. The third kappa shape index (κ3) is 6.35. The van der Waals surface area contributed by atoms with Gasteiger partial charge in [-0.1, -0.05) is 53.6 Å². The van der Waals surface area contributed by atoms with Crippen molar-refractivity contribution < 1.29 is 13.9 Å². The molecule has 0 N–H and O–H groups in total. The number of thioether (sulfide) groups is 1. The normalized spacial score (nSPS) is 15.4. The third-order valence-corrected chi connectivity index (χ3v) is 8.15. The number of rotatable bonds is 6. The number of nitrogens with zero attached hydrogens (tertiary/aromatic N) is 2. The third-order valence-electron chi connectivity index (χ3n) is 6.01. The van der Waals surface area contributed by atoms with E-state index in [9.17, 15) is 9.18 Å². The lowest BCUT2D eigenvalue weighted by atomic mass is 10.2. The number of benzene rings is 4. The van der Waals surface area contributed by atoms with Gasteiger partial charge in [-0.05, 0) is 112 Å². The van der Waals surface area contributed by atoms with Crippen LogP contribution in [-0.2, 0) is 11.4 Å². The molecule has 4 nitrogen and oxygen atoms in total. The summed E-state index contributed by atoms with van der Waals surface area (Å²) in [5, 5.41) is 0.585. The van der Waals surface area contributed by atoms with Gasteiger partial charge in [-0.15, -0.1) is 0 Å². The molecule has 4 aromatic rings. The number of halogens is 3.